The van der Waals surface area contributed by atoms with E-state index in [9.17, 15) is 4.79 Å². The quantitative estimate of drug-likeness (QED) is 0.843. The first-order valence-electron chi connectivity index (χ1n) is 6.10. The van der Waals surface area contributed by atoms with Crippen molar-refractivity contribution in [1.82, 2.24) is 15.1 Å². The number of carbonyl (C=O) groups is 1. The summed E-state index contributed by atoms with van der Waals surface area (Å²) in [5.74, 6) is -0.363. The number of halogens is 1. The maximum atomic E-state index is 11.7. The van der Waals surface area contributed by atoms with E-state index >= 15 is 0 Å². The van der Waals surface area contributed by atoms with Gasteiger partial charge in [-0.15, -0.1) is 0 Å². The number of nitrogens with zero attached hydrogens (tertiary/aromatic N) is 2. The molecule has 1 amide bonds. The molecule has 1 aliphatic rings. The Hall–Kier alpha value is -1.07. The molecule has 18 heavy (non-hydrogen) atoms. The van der Waals surface area contributed by atoms with Crippen LogP contribution in [-0.4, -0.2) is 27.3 Å². The standard InChI is InChI=1S/C12H19ClN4O/c1-7-10(13)8(2)17(16-7)6-12(3,11(14)18)15-9-4-5-9/h9,15H,4-6H2,1-3H3,(H2,14,18). The highest BCUT2D eigenvalue weighted by Gasteiger charge is 2.38. The molecule has 0 spiro atoms. The molecule has 5 nitrogen and oxygen atoms in total. The van der Waals surface area contributed by atoms with Crippen LogP contribution in [0.5, 0.6) is 0 Å². The molecular formula is C12H19ClN4O. The van der Waals surface area contributed by atoms with Crippen molar-refractivity contribution in [1.29, 1.82) is 0 Å². The van der Waals surface area contributed by atoms with Crippen LogP contribution in [0.3, 0.4) is 0 Å². The molecule has 1 saturated carbocycles. The van der Waals surface area contributed by atoms with Crippen molar-refractivity contribution in [2.75, 3.05) is 0 Å². The zero-order valence-electron chi connectivity index (χ0n) is 11.0. The van der Waals surface area contributed by atoms with Crippen molar-refractivity contribution in [3.05, 3.63) is 16.4 Å². The molecule has 3 N–H and O–H groups in total. The molecule has 0 radical (unpaired) electrons. The minimum Gasteiger partial charge on any atom is -0.368 e. The number of aryl methyl sites for hydroxylation is 1. The first kappa shape index (κ1) is 13.4. The average Bonchev–Trinajstić information content (AvgIpc) is 3.05. The lowest BCUT2D eigenvalue weighted by atomic mass is 10.0. The van der Waals surface area contributed by atoms with E-state index in [1.54, 1.807) is 4.68 Å². The van der Waals surface area contributed by atoms with Gasteiger partial charge in [-0.3, -0.25) is 14.8 Å². The molecule has 1 aromatic heterocycles. The van der Waals surface area contributed by atoms with Crippen LogP contribution in [0, 0.1) is 13.8 Å². The summed E-state index contributed by atoms with van der Waals surface area (Å²) in [6.07, 6.45) is 2.20. The Morgan fingerprint density at radius 1 is 1.61 bits per heavy atom. The van der Waals surface area contributed by atoms with Gasteiger partial charge in [0.2, 0.25) is 5.91 Å². The van der Waals surface area contributed by atoms with Crippen LogP contribution < -0.4 is 11.1 Å². The minimum absolute atomic E-state index is 0.363. The van der Waals surface area contributed by atoms with Gasteiger partial charge in [0.1, 0.15) is 5.54 Å². The lowest BCUT2D eigenvalue weighted by molar-refractivity contribution is -0.124. The molecule has 0 aliphatic heterocycles. The summed E-state index contributed by atoms with van der Waals surface area (Å²) in [4.78, 5) is 11.7. The van der Waals surface area contributed by atoms with E-state index in [4.69, 9.17) is 17.3 Å². The van der Waals surface area contributed by atoms with E-state index < -0.39 is 5.54 Å². The number of hydrogen-bond donors (Lipinski definition) is 2. The van der Waals surface area contributed by atoms with E-state index in [0.29, 0.717) is 17.6 Å². The second-order valence-electron chi connectivity index (χ2n) is 5.26. The van der Waals surface area contributed by atoms with Gasteiger partial charge in [0, 0.05) is 6.04 Å². The van der Waals surface area contributed by atoms with Crippen LogP contribution in [0.15, 0.2) is 0 Å². The number of nitrogens with two attached hydrogens (primary N) is 1. The summed E-state index contributed by atoms with van der Waals surface area (Å²) in [5.41, 5.74) is 6.36. The Morgan fingerprint density at radius 2 is 2.22 bits per heavy atom. The van der Waals surface area contributed by atoms with Gasteiger partial charge >= 0.3 is 0 Å². The number of aromatic nitrogens is 2. The predicted octanol–water partition coefficient (Wildman–Crippen LogP) is 1.15. The Morgan fingerprint density at radius 3 is 2.61 bits per heavy atom. The number of rotatable bonds is 5. The lowest BCUT2D eigenvalue weighted by Crippen LogP contribution is -2.56. The first-order valence-corrected chi connectivity index (χ1v) is 6.48. The maximum absolute atomic E-state index is 11.7. The normalized spacial score (nSPS) is 18.7. The lowest BCUT2D eigenvalue weighted by Gasteiger charge is -2.28. The highest BCUT2D eigenvalue weighted by atomic mass is 35.5. The van der Waals surface area contributed by atoms with Gasteiger partial charge in [0.15, 0.2) is 0 Å². The molecule has 1 atom stereocenters. The third-order valence-corrected chi connectivity index (χ3v) is 3.95. The van der Waals surface area contributed by atoms with E-state index in [1.807, 2.05) is 20.8 Å². The highest BCUT2D eigenvalue weighted by Crippen LogP contribution is 2.25. The van der Waals surface area contributed by atoms with Gasteiger partial charge in [0.25, 0.3) is 0 Å². The van der Waals surface area contributed by atoms with Crippen LogP contribution >= 0.6 is 11.6 Å². The van der Waals surface area contributed by atoms with Crippen molar-refractivity contribution in [3.8, 4) is 0 Å². The topological polar surface area (TPSA) is 72.9 Å². The van der Waals surface area contributed by atoms with Crippen LogP contribution in [-0.2, 0) is 11.3 Å². The first-order chi connectivity index (χ1) is 8.33. The van der Waals surface area contributed by atoms with Gasteiger partial charge in [-0.25, -0.2) is 0 Å². The van der Waals surface area contributed by atoms with Gasteiger partial charge in [-0.2, -0.15) is 5.10 Å². The number of primary amides is 1. The van der Waals surface area contributed by atoms with Crippen molar-refractivity contribution in [3.63, 3.8) is 0 Å². The number of carbonyl (C=O) groups excluding carboxylic acids is 1. The van der Waals surface area contributed by atoms with E-state index in [1.165, 1.54) is 0 Å². The number of amides is 1. The summed E-state index contributed by atoms with van der Waals surface area (Å²) in [6, 6.07) is 0.398. The van der Waals surface area contributed by atoms with Crippen LogP contribution in [0.1, 0.15) is 31.2 Å². The molecule has 0 saturated heterocycles. The minimum atomic E-state index is -0.784. The Bertz CT molecular complexity index is 481. The van der Waals surface area contributed by atoms with Gasteiger partial charge in [-0.1, -0.05) is 11.6 Å². The average molecular weight is 271 g/mol. The largest absolute Gasteiger partial charge is 0.368 e. The van der Waals surface area contributed by atoms with Crippen molar-refractivity contribution < 1.29 is 4.79 Å². The Balaban J connectivity index is 2.22. The molecule has 1 unspecified atom stereocenters. The van der Waals surface area contributed by atoms with E-state index in [0.717, 1.165) is 24.2 Å². The number of nitrogens with one attached hydrogen (secondary N) is 1. The molecule has 1 aliphatic carbocycles. The summed E-state index contributed by atoms with van der Waals surface area (Å²) >= 11 is 6.10. The fraction of sp³-hybridized carbons (Fsp3) is 0.667. The third kappa shape index (κ3) is 2.52. The number of hydrogen-bond acceptors (Lipinski definition) is 3. The smallest absolute Gasteiger partial charge is 0.239 e. The highest BCUT2D eigenvalue weighted by molar-refractivity contribution is 6.31. The molecule has 1 aromatic rings. The van der Waals surface area contributed by atoms with Crippen LogP contribution in [0.4, 0.5) is 0 Å². The van der Waals surface area contributed by atoms with Crippen molar-refractivity contribution in [2.24, 2.45) is 5.73 Å². The summed E-state index contributed by atoms with van der Waals surface area (Å²) in [6.45, 7) is 5.96. The monoisotopic (exact) mass is 270 g/mol. The fourth-order valence-corrected chi connectivity index (χ4v) is 2.14. The predicted molar refractivity (Wildman–Crippen MR) is 70.5 cm³/mol. The summed E-state index contributed by atoms with van der Waals surface area (Å²) in [5, 5.41) is 8.28. The molecule has 6 heteroatoms. The molecule has 1 heterocycles. The summed E-state index contributed by atoms with van der Waals surface area (Å²) < 4.78 is 1.75. The van der Waals surface area contributed by atoms with Crippen molar-refractivity contribution >= 4 is 17.5 Å². The van der Waals surface area contributed by atoms with Crippen LogP contribution in [0.2, 0.25) is 5.02 Å². The molecular weight excluding hydrogens is 252 g/mol. The zero-order valence-corrected chi connectivity index (χ0v) is 11.7. The van der Waals surface area contributed by atoms with E-state index in [-0.39, 0.29) is 5.91 Å². The molecule has 100 valence electrons. The zero-order chi connectivity index (χ0) is 13.5. The second kappa shape index (κ2) is 4.55. The second-order valence-corrected chi connectivity index (χ2v) is 5.64. The van der Waals surface area contributed by atoms with Gasteiger partial charge in [-0.05, 0) is 33.6 Å². The third-order valence-electron chi connectivity index (χ3n) is 3.40. The fourth-order valence-electron chi connectivity index (χ4n) is 2.00. The SMILES string of the molecule is Cc1nn(CC(C)(NC2CC2)C(N)=O)c(C)c1Cl. The van der Waals surface area contributed by atoms with Crippen LogP contribution in [0.25, 0.3) is 0 Å². The molecule has 2 rings (SSSR count). The van der Waals surface area contributed by atoms with E-state index in [2.05, 4.69) is 10.4 Å². The summed E-state index contributed by atoms with van der Waals surface area (Å²) in [7, 11) is 0. The Kier molecular flexibility index (Phi) is 3.38. The van der Waals surface area contributed by atoms with Crippen molar-refractivity contribution in [2.45, 2.75) is 51.7 Å². The Labute approximate surface area is 112 Å². The molecule has 0 bridgehead atoms. The van der Waals surface area contributed by atoms with Gasteiger partial charge in [0.05, 0.1) is 23.0 Å². The molecule has 0 aromatic carbocycles. The maximum Gasteiger partial charge on any atom is 0.239 e. The van der Waals surface area contributed by atoms with Gasteiger partial charge < -0.3 is 5.73 Å². The molecule has 1 fully saturated rings.